The molecule has 0 unspecified atom stereocenters. The van der Waals surface area contributed by atoms with Gasteiger partial charge in [0.15, 0.2) is 0 Å². The van der Waals surface area contributed by atoms with Crippen LogP contribution in [0.2, 0.25) is 0 Å². The largest absolute Gasteiger partial charge is 0.374 e. The quantitative estimate of drug-likeness (QED) is 0.286. The van der Waals surface area contributed by atoms with Crippen molar-refractivity contribution in [1.29, 1.82) is 0 Å². The minimum absolute atomic E-state index is 0.430. The molecule has 0 amide bonds. The molecular formula is C19H30N8OS. The number of aromatic nitrogens is 3. The van der Waals surface area contributed by atoms with Crippen LogP contribution < -0.4 is 17.3 Å². The molecule has 0 atom stereocenters. The number of amidine groups is 1. The Morgan fingerprint density at radius 3 is 2.62 bits per heavy atom. The first-order valence-corrected chi connectivity index (χ1v) is 10.1. The lowest BCUT2D eigenvalue weighted by Gasteiger charge is -2.32. The van der Waals surface area contributed by atoms with Gasteiger partial charge in [0, 0.05) is 31.4 Å². The molecule has 29 heavy (non-hydrogen) atoms. The van der Waals surface area contributed by atoms with E-state index in [9.17, 15) is 0 Å². The zero-order chi connectivity index (χ0) is 21.5. The van der Waals surface area contributed by atoms with Crippen LogP contribution >= 0.6 is 11.3 Å². The normalized spacial score (nSPS) is 14.7. The van der Waals surface area contributed by atoms with Crippen molar-refractivity contribution in [2.24, 2.45) is 16.7 Å². The molecule has 158 valence electrons. The fourth-order valence-electron chi connectivity index (χ4n) is 2.98. The Labute approximate surface area is 175 Å². The number of nitrogens with zero attached hydrogens (tertiary/aromatic N) is 5. The first-order chi connectivity index (χ1) is 14.3. The Kier molecular flexibility index (Phi) is 11.8. The van der Waals surface area contributed by atoms with Gasteiger partial charge in [-0.3, -0.25) is 4.98 Å². The van der Waals surface area contributed by atoms with Gasteiger partial charge in [-0.15, -0.1) is 10.2 Å². The Balaban J connectivity index is 0.000000989. The number of hydrogen-bond acceptors (Lipinski definition) is 9. The second kappa shape index (κ2) is 14.2. The number of rotatable bonds is 5. The summed E-state index contributed by atoms with van der Waals surface area (Å²) in [5.41, 5.74) is 11.4. The van der Waals surface area contributed by atoms with Crippen molar-refractivity contribution in [3.8, 4) is 0 Å². The first-order valence-electron chi connectivity index (χ1n) is 9.30. The summed E-state index contributed by atoms with van der Waals surface area (Å²) in [4.78, 5) is 14.4. The molecule has 3 heterocycles. The first kappa shape index (κ1) is 24.2. The van der Waals surface area contributed by atoms with E-state index in [1.165, 1.54) is 23.9 Å². The number of carbonyl (C=O) groups is 1. The maximum atomic E-state index is 8.00. The summed E-state index contributed by atoms with van der Waals surface area (Å²) >= 11 is 1.49. The van der Waals surface area contributed by atoms with Crippen molar-refractivity contribution in [3.05, 3.63) is 47.2 Å². The van der Waals surface area contributed by atoms with Crippen molar-refractivity contribution in [1.82, 2.24) is 20.1 Å². The highest BCUT2D eigenvalue weighted by Crippen LogP contribution is 2.30. The fourth-order valence-corrected chi connectivity index (χ4v) is 3.76. The molecule has 10 heteroatoms. The molecule has 6 N–H and O–H groups in total. The van der Waals surface area contributed by atoms with Crippen molar-refractivity contribution < 1.29 is 4.79 Å². The number of pyridine rings is 1. The molecule has 0 saturated carbocycles. The third-order valence-electron chi connectivity index (χ3n) is 4.35. The summed E-state index contributed by atoms with van der Waals surface area (Å²) < 4.78 is 0. The number of nitrogens with two attached hydrogens (primary N) is 3. The smallest absolute Gasteiger partial charge is 0.203 e. The van der Waals surface area contributed by atoms with Crippen molar-refractivity contribution in [2.75, 3.05) is 25.9 Å². The van der Waals surface area contributed by atoms with Gasteiger partial charge in [0.05, 0.1) is 0 Å². The van der Waals surface area contributed by atoms with E-state index in [0.717, 1.165) is 49.6 Å². The molecule has 0 spiro atoms. The average molecular weight is 419 g/mol. The summed E-state index contributed by atoms with van der Waals surface area (Å²) in [7, 11) is 1.50. The molecule has 1 aliphatic rings. The van der Waals surface area contributed by atoms with Gasteiger partial charge in [-0.25, -0.2) is 0 Å². The zero-order valence-corrected chi connectivity index (χ0v) is 17.6. The Bertz CT molecular complexity index is 742. The molecule has 9 nitrogen and oxygen atoms in total. The summed E-state index contributed by atoms with van der Waals surface area (Å²) in [6.45, 7) is 3.82. The number of anilines is 1. The number of allylic oxidation sites excluding steroid dienone is 1. The predicted molar refractivity (Wildman–Crippen MR) is 118 cm³/mol. The highest BCUT2D eigenvalue weighted by atomic mass is 32.1. The number of nitrogen functional groups attached to an aromatic ring is 1. The van der Waals surface area contributed by atoms with Gasteiger partial charge in [-0.05, 0) is 50.4 Å². The molecular weight excluding hydrogens is 388 g/mol. The van der Waals surface area contributed by atoms with Crippen LogP contribution in [-0.2, 0) is 11.2 Å². The molecule has 1 fully saturated rings. The van der Waals surface area contributed by atoms with Gasteiger partial charge in [0.1, 0.15) is 17.6 Å². The minimum atomic E-state index is 0.430. The third kappa shape index (κ3) is 7.96. The van der Waals surface area contributed by atoms with Crippen LogP contribution in [0.3, 0.4) is 0 Å². The van der Waals surface area contributed by atoms with Gasteiger partial charge in [-0.2, -0.15) is 5.10 Å². The standard InChI is InChI=1S/C17H23N7S.CH5N.CH2O/c18-17-23-22-16(25-17)14-7-10-24(11-8-14)15(21-19)6-2-1-4-13-5-3-9-20-12-13;2*1-2/h2-3,5-6,9,12,14H,1,4,7-8,10-11,19H2,(H2,18,23);2H2,1H3;1H2/b6-2-,21-15+;;. The molecule has 0 aliphatic carbocycles. The number of aryl methyl sites for hydroxylation is 1. The molecule has 0 aromatic carbocycles. The maximum absolute atomic E-state index is 8.00. The Morgan fingerprint density at radius 2 is 2.07 bits per heavy atom. The van der Waals surface area contributed by atoms with Crippen LogP contribution in [0.25, 0.3) is 0 Å². The fraction of sp³-hybridized carbons (Fsp3) is 0.421. The van der Waals surface area contributed by atoms with E-state index in [-0.39, 0.29) is 0 Å². The summed E-state index contributed by atoms with van der Waals surface area (Å²) in [6, 6.07) is 4.05. The maximum Gasteiger partial charge on any atom is 0.203 e. The van der Waals surface area contributed by atoms with Crippen LogP contribution in [0.4, 0.5) is 5.13 Å². The highest BCUT2D eigenvalue weighted by molar-refractivity contribution is 7.15. The van der Waals surface area contributed by atoms with Gasteiger partial charge in [0.25, 0.3) is 0 Å². The van der Waals surface area contributed by atoms with Crippen molar-refractivity contribution in [2.45, 2.75) is 31.6 Å². The highest BCUT2D eigenvalue weighted by Gasteiger charge is 2.24. The predicted octanol–water partition coefficient (Wildman–Crippen LogP) is 1.55. The van der Waals surface area contributed by atoms with Crippen LogP contribution in [0, 0.1) is 0 Å². The molecule has 3 rings (SSSR count). The molecule has 2 aromatic heterocycles. The molecule has 1 saturated heterocycles. The number of carbonyl (C=O) groups excluding carboxylic acids is 1. The molecule has 0 bridgehead atoms. The van der Waals surface area contributed by atoms with Crippen LogP contribution in [-0.4, -0.2) is 52.8 Å². The summed E-state index contributed by atoms with van der Waals surface area (Å²) in [6.07, 6.45) is 11.7. The van der Waals surface area contributed by atoms with Crippen molar-refractivity contribution >= 4 is 29.1 Å². The average Bonchev–Trinajstić information content (AvgIpc) is 3.24. The number of hydrazone groups is 1. The van der Waals surface area contributed by atoms with E-state index < -0.39 is 0 Å². The summed E-state index contributed by atoms with van der Waals surface area (Å²) in [5, 5.41) is 13.6. The second-order valence-corrected chi connectivity index (χ2v) is 7.07. The second-order valence-electron chi connectivity index (χ2n) is 6.03. The number of hydrogen-bond donors (Lipinski definition) is 3. The van der Waals surface area contributed by atoms with Crippen LogP contribution in [0.5, 0.6) is 0 Å². The van der Waals surface area contributed by atoms with Gasteiger partial charge >= 0.3 is 0 Å². The van der Waals surface area contributed by atoms with Crippen molar-refractivity contribution in [3.63, 3.8) is 0 Å². The lowest BCUT2D eigenvalue weighted by Crippen LogP contribution is -2.37. The lowest BCUT2D eigenvalue weighted by atomic mass is 9.97. The number of likely N-dealkylation sites (tertiary alicyclic amines) is 1. The number of piperidine rings is 1. The van der Waals surface area contributed by atoms with E-state index in [1.807, 2.05) is 25.1 Å². The monoisotopic (exact) mass is 418 g/mol. The lowest BCUT2D eigenvalue weighted by molar-refractivity contribution is -0.0979. The Hall–Kier alpha value is -2.85. The van der Waals surface area contributed by atoms with Gasteiger partial charge < -0.3 is 27.0 Å². The van der Waals surface area contributed by atoms with E-state index in [2.05, 4.69) is 43.1 Å². The third-order valence-corrected chi connectivity index (χ3v) is 5.26. The Morgan fingerprint density at radius 1 is 1.34 bits per heavy atom. The van der Waals surface area contributed by atoms with Gasteiger partial charge in [-0.1, -0.05) is 23.5 Å². The van der Waals surface area contributed by atoms with Crippen LogP contribution in [0.1, 0.15) is 35.8 Å². The zero-order valence-electron chi connectivity index (χ0n) is 16.8. The SMILES string of the molecule is C=O.CN.N/N=C(\C=C/CCc1cccnc1)N1CCC(c2nnc(N)s2)CC1. The van der Waals surface area contributed by atoms with E-state index in [0.29, 0.717) is 11.0 Å². The molecule has 0 radical (unpaired) electrons. The van der Waals surface area contributed by atoms with E-state index in [4.69, 9.17) is 16.4 Å². The molecule has 1 aliphatic heterocycles. The van der Waals surface area contributed by atoms with E-state index in [1.54, 1.807) is 6.20 Å². The van der Waals surface area contributed by atoms with E-state index >= 15 is 0 Å². The molecule has 2 aromatic rings. The van der Waals surface area contributed by atoms with Gasteiger partial charge in [0.2, 0.25) is 5.13 Å². The minimum Gasteiger partial charge on any atom is -0.374 e. The topological polar surface area (TPSA) is 149 Å². The summed E-state index contributed by atoms with van der Waals surface area (Å²) in [5.74, 6) is 6.86. The van der Waals surface area contributed by atoms with Crippen LogP contribution in [0.15, 0.2) is 41.8 Å².